The first-order valence-corrected chi connectivity index (χ1v) is 11.1. The summed E-state index contributed by atoms with van der Waals surface area (Å²) in [4.78, 5) is 29.2. The molecule has 1 amide bonds. The smallest absolute Gasteiger partial charge is 0.308 e. The fraction of sp³-hybridized carbons (Fsp3) is 0.391. The van der Waals surface area contributed by atoms with E-state index in [4.69, 9.17) is 4.74 Å². The number of para-hydroxylation sites is 2. The van der Waals surface area contributed by atoms with Crippen molar-refractivity contribution in [2.24, 2.45) is 0 Å². The lowest BCUT2D eigenvalue weighted by molar-refractivity contribution is -0.154. The molecule has 1 atom stereocenters. The standard InChI is InChI=1S/C23H26N2O3S/c1-16(23(27)24-17-8-2-3-9-17)28-22(26)14-15-25-18-10-4-6-12-20(18)29-21-13-7-5-11-19(21)25/h4-7,10-13,16-17H,2-3,8-9,14-15H2,1H3,(H,24,27)/t16-/m0/s1. The molecule has 1 saturated carbocycles. The van der Waals surface area contributed by atoms with Crippen molar-refractivity contribution in [1.29, 1.82) is 0 Å². The highest BCUT2D eigenvalue weighted by atomic mass is 32.2. The molecule has 0 saturated heterocycles. The van der Waals surface area contributed by atoms with E-state index in [9.17, 15) is 9.59 Å². The third-order valence-corrected chi connectivity index (χ3v) is 6.58. The third-order valence-electron chi connectivity index (χ3n) is 5.45. The van der Waals surface area contributed by atoms with Crippen LogP contribution in [0.3, 0.4) is 0 Å². The van der Waals surface area contributed by atoms with E-state index in [2.05, 4.69) is 34.5 Å². The van der Waals surface area contributed by atoms with E-state index in [0.717, 1.165) is 37.1 Å². The molecule has 1 aliphatic carbocycles. The number of amides is 1. The third kappa shape index (κ3) is 4.58. The SMILES string of the molecule is C[C@H](OC(=O)CCN1c2ccccc2Sc2ccccc21)C(=O)NC1CCCC1. The summed E-state index contributed by atoms with van der Waals surface area (Å²) in [6.45, 7) is 2.15. The van der Waals surface area contributed by atoms with Crippen molar-refractivity contribution in [3.8, 4) is 0 Å². The number of rotatable bonds is 6. The van der Waals surface area contributed by atoms with Crippen molar-refractivity contribution in [2.75, 3.05) is 11.4 Å². The fourth-order valence-corrected chi connectivity index (χ4v) is 5.02. The Morgan fingerprint density at radius 3 is 2.28 bits per heavy atom. The molecular weight excluding hydrogens is 384 g/mol. The van der Waals surface area contributed by atoms with Gasteiger partial charge in [-0.3, -0.25) is 9.59 Å². The van der Waals surface area contributed by atoms with Gasteiger partial charge in [0.05, 0.1) is 17.8 Å². The Balaban J connectivity index is 1.37. The monoisotopic (exact) mass is 410 g/mol. The molecule has 1 heterocycles. The van der Waals surface area contributed by atoms with Gasteiger partial charge >= 0.3 is 5.97 Å². The van der Waals surface area contributed by atoms with Crippen LogP contribution in [-0.4, -0.2) is 30.6 Å². The maximum absolute atomic E-state index is 12.4. The molecule has 0 unspecified atom stereocenters. The average molecular weight is 411 g/mol. The maximum Gasteiger partial charge on any atom is 0.308 e. The van der Waals surface area contributed by atoms with Gasteiger partial charge in [0.1, 0.15) is 0 Å². The van der Waals surface area contributed by atoms with E-state index < -0.39 is 6.10 Å². The van der Waals surface area contributed by atoms with Crippen LogP contribution >= 0.6 is 11.8 Å². The molecule has 0 radical (unpaired) electrons. The van der Waals surface area contributed by atoms with Gasteiger partial charge in [-0.2, -0.15) is 0 Å². The van der Waals surface area contributed by atoms with Gasteiger partial charge in [0.2, 0.25) is 0 Å². The Hall–Kier alpha value is -2.47. The summed E-state index contributed by atoms with van der Waals surface area (Å²) in [5.74, 6) is -0.553. The Kier molecular flexibility index (Phi) is 6.09. The van der Waals surface area contributed by atoms with Crippen LogP contribution < -0.4 is 10.2 Å². The summed E-state index contributed by atoms with van der Waals surface area (Å²) >= 11 is 1.74. The molecule has 0 aromatic heterocycles. The van der Waals surface area contributed by atoms with E-state index in [1.54, 1.807) is 18.7 Å². The number of fused-ring (bicyclic) bond motifs is 2. The summed E-state index contributed by atoms with van der Waals surface area (Å²) in [7, 11) is 0. The topological polar surface area (TPSA) is 58.6 Å². The number of hydrogen-bond acceptors (Lipinski definition) is 5. The Morgan fingerprint density at radius 2 is 1.66 bits per heavy atom. The lowest BCUT2D eigenvalue weighted by Gasteiger charge is -2.32. The highest BCUT2D eigenvalue weighted by Gasteiger charge is 2.25. The predicted octanol–water partition coefficient (Wildman–Crippen LogP) is 4.67. The normalized spacial score (nSPS) is 16.7. The minimum Gasteiger partial charge on any atom is -0.452 e. The molecular formula is C23H26N2O3S. The van der Waals surface area contributed by atoms with Gasteiger partial charge in [0.15, 0.2) is 6.10 Å². The molecule has 6 heteroatoms. The molecule has 1 fully saturated rings. The van der Waals surface area contributed by atoms with Crippen molar-refractivity contribution >= 4 is 35.0 Å². The quantitative estimate of drug-likeness (QED) is 0.702. The van der Waals surface area contributed by atoms with E-state index >= 15 is 0 Å². The van der Waals surface area contributed by atoms with Crippen molar-refractivity contribution in [3.63, 3.8) is 0 Å². The summed E-state index contributed by atoms with van der Waals surface area (Å²) in [5.41, 5.74) is 2.19. The zero-order valence-electron chi connectivity index (χ0n) is 16.6. The molecule has 1 aliphatic heterocycles. The van der Waals surface area contributed by atoms with Crippen LogP contribution in [0.1, 0.15) is 39.0 Å². The highest BCUT2D eigenvalue weighted by Crippen LogP contribution is 2.47. The summed E-state index contributed by atoms with van der Waals surface area (Å²) in [5, 5.41) is 2.99. The van der Waals surface area contributed by atoms with Gasteiger partial charge in [0.25, 0.3) is 5.91 Å². The minimum absolute atomic E-state index is 0.199. The fourth-order valence-electron chi connectivity index (χ4n) is 3.92. The number of carbonyl (C=O) groups excluding carboxylic acids is 2. The highest BCUT2D eigenvalue weighted by molar-refractivity contribution is 7.99. The van der Waals surface area contributed by atoms with Gasteiger partial charge in [-0.15, -0.1) is 0 Å². The van der Waals surface area contributed by atoms with Crippen LogP contribution in [0.5, 0.6) is 0 Å². The van der Waals surface area contributed by atoms with Gasteiger partial charge in [-0.25, -0.2) is 0 Å². The molecule has 0 bridgehead atoms. The van der Waals surface area contributed by atoms with Gasteiger partial charge in [-0.1, -0.05) is 48.9 Å². The van der Waals surface area contributed by atoms with Crippen molar-refractivity contribution in [2.45, 2.75) is 61.0 Å². The largest absolute Gasteiger partial charge is 0.452 e. The van der Waals surface area contributed by atoms with Crippen LogP contribution in [-0.2, 0) is 14.3 Å². The van der Waals surface area contributed by atoms with Crippen LogP contribution in [0.25, 0.3) is 0 Å². The summed E-state index contributed by atoms with van der Waals surface area (Å²) < 4.78 is 5.41. The van der Waals surface area contributed by atoms with Gasteiger partial charge < -0.3 is 15.0 Å². The zero-order valence-corrected chi connectivity index (χ0v) is 17.4. The molecule has 0 spiro atoms. The maximum atomic E-state index is 12.4. The first-order valence-electron chi connectivity index (χ1n) is 10.2. The Bertz CT molecular complexity index is 850. The number of hydrogen-bond donors (Lipinski definition) is 1. The second-order valence-electron chi connectivity index (χ2n) is 7.56. The van der Waals surface area contributed by atoms with Gasteiger partial charge in [0, 0.05) is 22.4 Å². The van der Waals surface area contributed by atoms with Crippen LogP contribution in [0, 0.1) is 0 Å². The molecule has 1 N–H and O–H groups in total. The van der Waals surface area contributed by atoms with E-state index in [0.29, 0.717) is 6.54 Å². The van der Waals surface area contributed by atoms with Crippen molar-refractivity contribution in [3.05, 3.63) is 48.5 Å². The minimum atomic E-state index is -0.764. The van der Waals surface area contributed by atoms with Crippen LogP contribution in [0.2, 0.25) is 0 Å². The second kappa shape index (κ2) is 8.91. The molecule has 29 heavy (non-hydrogen) atoms. The molecule has 2 aliphatic rings. The van der Waals surface area contributed by atoms with Crippen LogP contribution in [0.4, 0.5) is 11.4 Å². The summed E-state index contributed by atoms with van der Waals surface area (Å²) in [6, 6.07) is 16.6. The first-order chi connectivity index (χ1) is 14.1. The zero-order chi connectivity index (χ0) is 20.2. The Labute approximate surface area is 175 Å². The molecule has 2 aromatic carbocycles. The number of benzene rings is 2. The van der Waals surface area contributed by atoms with E-state index in [1.165, 1.54) is 9.79 Å². The number of nitrogens with zero attached hydrogens (tertiary/aromatic N) is 1. The van der Waals surface area contributed by atoms with E-state index in [1.807, 2.05) is 24.3 Å². The summed E-state index contributed by atoms with van der Waals surface area (Å²) in [6.07, 6.45) is 3.77. The number of anilines is 2. The number of ether oxygens (including phenoxy) is 1. The number of nitrogens with one attached hydrogen (secondary N) is 1. The lowest BCUT2D eigenvalue weighted by Crippen LogP contribution is -2.41. The van der Waals surface area contributed by atoms with E-state index in [-0.39, 0.29) is 24.3 Å². The number of carbonyl (C=O) groups is 2. The number of esters is 1. The predicted molar refractivity (Wildman–Crippen MR) is 115 cm³/mol. The molecule has 5 nitrogen and oxygen atoms in total. The second-order valence-corrected chi connectivity index (χ2v) is 8.64. The van der Waals surface area contributed by atoms with Crippen molar-refractivity contribution in [1.82, 2.24) is 5.32 Å². The Morgan fingerprint density at radius 1 is 1.07 bits per heavy atom. The molecule has 2 aromatic rings. The van der Waals surface area contributed by atoms with Gasteiger partial charge in [-0.05, 0) is 44.0 Å². The molecule has 152 valence electrons. The first kappa shape index (κ1) is 19.8. The van der Waals surface area contributed by atoms with Crippen molar-refractivity contribution < 1.29 is 14.3 Å². The molecule has 4 rings (SSSR count). The van der Waals surface area contributed by atoms with Crippen LogP contribution in [0.15, 0.2) is 58.3 Å². The average Bonchev–Trinajstić information content (AvgIpc) is 3.24. The lowest BCUT2D eigenvalue weighted by atomic mass is 10.2.